The molecule has 2 atom stereocenters. The lowest BCUT2D eigenvalue weighted by molar-refractivity contribution is 0.669. The Morgan fingerprint density at radius 1 is 0.299 bits per heavy atom. The minimum Gasteiger partial charge on any atom is -0.456 e. The van der Waals surface area contributed by atoms with Crippen molar-refractivity contribution >= 4 is 78.8 Å². The number of fused-ring (bicyclic) bond motifs is 3. The molecule has 0 N–H and O–H groups in total. The van der Waals surface area contributed by atoms with Gasteiger partial charge in [-0.25, -0.2) is 0 Å². The number of rotatable bonds is 14. The zero-order chi connectivity index (χ0) is 51.3. The fraction of sp³-hybridized carbons (Fsp3) is 0.0556. The highest BCUT2D eigenvalue weighted by molar-refractivity contribution is 6.08. The van der Waals surface area contributed by atoms with Crippen LogP contribution in [-0.4, -0.2) is 12.1 Å². The van der Waals surface area contributed by atoms with Crippen molar-refractivity contribution in [3.63, 3.8) is 0 Å². The van der Waals surface area contributed by atoms with E-state index in [1.165, 1.54) is 11.1 Å². The van der Waals surface area contributed by atoms with Gasteiger partial charge in [-0.3, -0.25) is 0 Å². The molecule has 13 rings (SSSR count). The predicted molar refractivity (Wildman–Crippen MR) is 324 cm³/mol. The molecular weight excluding hydrogens is 937 g/mol. The molecule has 1 heterocycles. The molecule has 2 unspecified atom stereocenters. The van der Waals surface area contributed by atoms with Crippen LogP contribution in [0.3, 0.4) is 0 Å². The average molecular weight is 993 g/mol. The molecule has 77 heavy (non-hydrogen) atoms. The summed E-state index contributed by atoms with van der Waals surface area (Å²) in [5, 5.41) is 2.11. The highest BCUT2D eigenvalue weighted by atomic mass is 16.3. The van der Waals surface area contributed by atoms with Crippen LogP contribution in [0, 0.1) is 0 Å². The van der Waals surface area contributed by atoms with Gasteiger partial charge < -0.3 is 24.0 Å². The van der Waals surface area contributed by atoms with Crippen molar-refractivity contribution in [3.05, 3.63) is 303 Å². The van der Waals surface area contributed by atoms with Crippen molar-refractivity contribution in [3.8, 4) is 22.3 Å². The van der Waals surface area contributed by atoms with Crippen molar-refractivity contribution < 1.29 is 4.42 Å². The van der Waals surface area contributed by atoms with Crippen LogP contribution in [0.15, 0.2) is 308 Å². The zero-order valence-electron chi connectivity index (χ0n) is 42.6. The number of anilines is 10. The van der Waals surface area contributed by atoms with Gasteiger partial charge in [-0.05, 0) is 145 Å². The van der Waals surface area contributed by atoms with Gasteiger partial charge >= 0.3 is 0 Å². The number of hydrogen-bond donors (Lipinski definition) is 0. The molecule has 10 aromatic carbocycles. The molecule has 0 aliphatic heterocycles. The van der Waals surface area contributed by atoms with Crippen LogP contribution in [0.4, 0.5) is 56.9 Å². The van der Waals surface area contributed by atoms with Crippen molar-refractivity contribution in [1.82, 2.24) is 0 Å². The number of para-hydroxylation sites is 4. The molecule has 0 radical (unpaired) electrons. The van der Waals surface area contributed by atoms with Gasteiger partial charge in [-0.2, -0.15) is 0 Å². The quantitative estimate of drug-likeness (QED) is 0.108. The third-order valence-corrected chi connectivity index (χ3v) is 14.8. The van der Waals surface area contributed by atoms with Crippen molar-refractivity contribution in [2.75, 3.05) is 19.6 Å². The van der Waals surface area contributed by atoms with Gasteiger partial charge in [0.25, 0.3) is 0 Å². The van der Waals surface area contributed by atoms with Crippen LogP contribution in [0.5, 0.6) is 0 Å². The van der Waals surface area contributed by atoms with Gasteiger partial charge in [0.15, 0.2) is 0 Å². The number of allylic oxidation sites excluding steroid dienone is 4. The van der Waals surface area contributed by atoms with E-state index in [0.717, 1.165) is 103 Å². The third kappa shape index (κ3) is 9.41. The molecule has 11 aromatic rings. The number of hydrogen-bond acceptors (Lipinski definition) is 5. The van der Waals surface area contributed by atoms with Crippen LogP contribution in [0.1, 0.15) is 12.8 Å². The normalized spacial score (nSPS) is 14.7. The molecule has 0 amide bonds. The fourth-order valence-corrected chi connectivity index (χ4v) is 11.2. The summed E-state index contributed by atoms with van der Waals surface area (Å²) in [5.74, 6) is 0. The lowest BCUT2D eigenvalue weighted by Gasteiger charge is -2.36. The number of nitrogens with zero attached hydrogens (tertiary/aromatic N) is 4. The lowest BCUT2D eigenvalue weighted by Crippen LogP contribution is -2.31. The van der Waals surface area contributed by atoms with Gasteiger partial charge in [0, 0.05) is 73.1 Å². The average Bonchev–Trinajstić information content (AvgIpc) is 3.88. The summed E-state index contributed by atoms with van der Waals surface area (Å²) < 4.78 is 6.72. The smallest absolute Gasteiger partial charge is 0.135 e. The summed E-state index contributed by atoms with van der Waals surface area (Å²) >= 11 is 0. The minimum atomic E-state index is 0.0763. The topological polar surface area (TPSA) is 26.1 Å². The van der Waals surface area contributed by atoms with Crippen molar-refractivity contribution in [2.45, 2.75) is 24.9 Å². The van der Waals surface area contributed by atoms with Crippen LogP contribution in [-0.2, 0) is 0 Å². The molecule has 1 aromatic heterocycles. The van der Waals surface area contributed by atoms with Gasteiger partial charge in [0.1, 0.15) is 11.2 Å². The Hall–Kier alpha value is -9.84. The Kier molecular flexibility index (Phi) is 12.9. The summed E-state index contributed by atoms with van der Waals surface area (Å²) in [4.78, 5) is 9.72. The largest absolute Gasteiger partial charge is 0.456 e. The summed E-state index contributed by atoms with van der Waals surface area (Å²) in [5.41, 5.74) is 17.2. The summed E-state index contributed by atoms with van der Waals surface area (Å²) in [6, 6.07) is 91.8. The van der Waals surface area contributed by atoms with Gasteiger partial charge in [0.2, 0.25) is 0 Å². The molecule has 5 nitrogen and oxygen atoms in total. The molecule has 0 saturated heterocycles. The Balaban J connectivity index is 0.949. The first-order chi connectivity index (χ1) is 38.2. The predicted octanol–water partition coefficient (Wildman–Crippen LogP) is 19.9. The van der Waals surface area contributed by atoms with E-state index in [0.29, 0.717) is 0 Å². The van der Waals surface area contributed by atoms with E-state index in [-0.39, 0.29) is 12.1 Å². The van der Waals surface area contributed by atoms with E-state index in [4.69, 9.17) is 4.42 Å². The van der Waals surface area contributed by atoms with Crippen LogP contribution in [0.25, 0.3) is 44.2 Å². The molecule has 2 aliphatic rings. The maximum atomic E-state index is 6.72. The maximum Gasteiger partial charge on any atom is 0.135 e. The van der Waals surface area contributed by atoms with Gasteiger partial charge in [-0.1, -0.05) is 182 Å². The molecule has 5 heteroatoms. The lowest BCUT2D eigenvalue weighted by atomic mass is 9.97. The zero-order valence-corrected chi connectivity index (χ0v) is 42.6. The molecule has 0 spiro atoms. The van der Waals surface area contributed by atoms with Gasteiger partial charge in [0.05, 0.1) is 17.8 Å². The van der Waals surface area contributed by atoms with Crippen LogP contribution < -0.4 is 19.6 Å². The second-order valence-electron chi connectivity index (χ2n) is 19.6. The molecule has 370 valence electrons. The van der Waals surface area contributed by atoms with Crippen molar-refractivity contribution in [2.24, 2.45) is 0 Å². The van der Waals surface area contributed by atoms with E-state index in [9.17, 15) is 0 Å². The monoisotopic (exact) mass is 992 g/mol. The van der Waals surface area contributed by atoms with Gasteiger partial charge in [-0.15, -0.1) is 0 Å². The van der Waals surface area contributed by atoms with E-state index in [1.54, 1.807) is 0 Å². The molecule has 0 bridgehead atoms. The first-order valence-corrected chi connectivity index (χ1v) is 26.6. The summed E-state index contributed by atoms with van der Waals surface area (Å²) in [6.45, 7) is 0. The maximum absolute atomic E-state index is 6.72. The van der Waals surface area contributed by atoms with E-state index >= 15 is 0 Å². The second-order valence-corrected chi connectivity index (χ2v) is 19.6. The summed E-state index contributed by atoms with van der Waals surface area (Å²) in [6.07, 6.45) is 19.6. The third-order valence-electron chi connectivity index (χ3n) is 14.8. The first-order valence-electron chi connectivity index (χ1n) is 26.6. The molecule has 2 aliphatic carbocycles. The fourth-order valence-electron chi connectivity index (χ4n) is 11.2. The van der Waals surface area contributed by atoms with E-state index in [2.05, 4.69) is 323 Å². The standard InChI is InChI=1S/C72H56N4O/c1-9-25-53(26-10-1)65-49-61(41-45-69(65)75(57-33-17-5-18-34-57)58-35-19-6-20-36-58)73(55-29-13-3-14-30-55)63-43-47-71-67(51-63)68-52-64(44-48-72(68)77-71)74(56-31-15-4-16-32-56)62-42-46-70(66(50-62)54-27-11-2-12-28-54)76(59-37-21-7-22-38-59)60-39-23-8-24-40-60/h1-31,33-39,41-52,56,60H,32,40H2. The minimum absolute atomic E-state index is 0.0763. The molecule has 0 saturated carbocycles. The SMILES string of the molecule is C1=CCC(N(c2ccc(N(c3ccccc3)C3C=CC=CC3)c(-c3ccccc3)c2)c2ccc3oc4ccc(N(c5ccccc5)c5ccc(N(c6ccccc6)c6ccccc6)c(-c6ccccc6)c5)cc4c3c2)C=C1. The Labute approximate surface area is 451 Å². The van der Waals surface area contributed by atoms with Crippen molar-refractivity contribution in [1.29, 1.82) is 0 Å². The molecule has 0 fully saturated rings. The Morgan fingerprint density at radius 3 is 1.22 bits per heavy atom. The Bertz CT molecular complexity index is 3900. The number of furan rings is 1. The van der Waals surface area contributed by atoms with E-state index in [1.807, 2.05) is 0 Å². The Morgan fingerprint density at radius 2 is 0.688 bits per heavy atom. The highest BCUT2D eigenvalue weighted by Gasteiger charge is 2.27. The van der Waals surface area contributed by atoms with Crippen LogP contribution >= 0.6 is 0 Å². The summed E-state index contributed by atoms with van der Waals surface area (Å²) in [7, 11) is 0. The second kappa shape index (κ2) is 21.2. The number of benzene rings is 10. The highest BCUT2D eigenvalue weighted by Crippen LogP contribution is 2.47. The van der Waals surface area contributed by atoms with Crippen LogP contribution in [0.2, 0.25) is 0 Å². The van der Waals surface area contributed by atoms with E-state index < -0.39 is 0 Å². The molecular formula is C72H56N4O. The first kappa shape index (κ1) is 46.9.